The highest BCUT2D eigenvalue weighted by atomic mass is 16.5. The van der Waals surface area contributed by atoms with E-state index in [2.05, 4.69) is 50.3 Å². The Morgan fingerprint density at radius 3 is 2.10 bits per heavy atom. The minimum absolute atomic E-state index is 0.768. The summed E-state index contributed by atoms with van der Waals surface area (Å²) in [4.78, 5) is 0. The zero-order valence-electron chi connectivity index (χ0n) is 19.1. The first-order valence-electron chi connectivity index (χ1n) is 12.6. The van der Waals surface area contributed by atoms with Crippen molar-refractivity contribution in [2.24, 2.45) is 17.8 Å². The van der Waals surface area contributed by atoms with Gasteiger partial charge in [0.1, 0.15) is 0 Å². The van der Waals surface area contributed by atoms with Crippen LogP contribution in [0.1, 0.15) is 108 Å². The van der Waals surface area contributed by atoms with Gasteiger partial charge in [-0.25, -0.2) is 0 Å². The molecule has 1 aromatic rings. The summed E-state index contributed by atoms with van der Waals surface area (Å²) in [5.74, 6) is 3.78. The van der Waals surface area contributed by atoms with Crippen LogP contribution >= 0.6 is 0 Å². The number of rotatable bonds is 10. The monoisotopic (exact) mass is 396 g/mol. The van der Waals surface area contributed by atoms with E-state index in [0.717, 1.165) is 36.9 Å². The Morgan fingerprint density at radius 1 is 0.828 bits per heavy atom. The molecule has 0 atom stereocenters. The van der Waals surface area contributed by atoms with E-state index in [0.29, 0.717) is 0 Å². The molecule has 2 aliphatic carbocycles. The lowest BCUT2D eigenvalue weighted by molar-refractivity contribution is 0.118. The molecule has 0 amide bonds. The van der Waals surface area contributed by atoms with E-state index in [1.807, 2.05) is 0 Å². The third-order valence-electron chi connectivity index (χ3n) is 7.56. The topological polar surface area (TPSA) is 9.23 Å². The van der Waals surface area contributed by atoms with Crippen LogP contribution in [0.4, 0.5) is 0 Å². The molecule has 0 radical (unpaired) electrons. The van der Waals surface area contributed by atoms with Gasteiger partial charge in [0.25, 0.3) is 0 Å². The number of hydrogen-bond acceptors (Lipinski definition) is 1. The lowest BCUT2D eigenvalue weighted by Crippen LogP contribution is -2.25. The summed E-state index contributed by atoms with van der Waals surface area (Å²) in [6.45, 7) is 6.11. The first kappa shape index (κ1) is 22.6. The average molecular weight is 397 g/mol. The van der Waals surface area contributed by atoms with Crippen LogP contribution in [0.5, 0.6) is 0 Å². The quantitative estimate of drug-likeness (QED) is 0.285. The van der Waals surface area contributed by atoms with E-state index in [4.69, 9.17) is 4.74 Å². The van der Waals surface area contributed by atoms with Gasteiger partial charge in [0.15, 0.2) is 0 Å². The maximum absolute atomic E-state index is 5.76. The molecule has 29 heavy (non-hydrogen) atoms. The van der Waals surface area contributed by atoms with Crippen LogP contribution in [-0.4, -0.2) is 6.61 Å². The molecular weight excluding hydrogens is 352 g/mol. The van der Waals surface area contributed by atoms with E-state index in [1.165, 1.54) is 82.6 Å². The SMILES string of the molecule is CCC=CCC1CCC(C2CCC(c3ccc(COCCCC)cc3)CC2)CC1. The van der Waals surface area contributed by atoms with Crippen LogP contribution in [0.25, 0.3) is 0 Å². The molecule has 3 rings (SSSR count). The van der Waals surface area contributed by atoms with E-state index in [-0.39, 0.29) is 0 Å². The van der Waals surface area contributed by atoms with E-state index in [9.17, 15) is 0 Å². The normalized spacial score (nSPS) is 28.1. The van der Waals surface area contributed by atoms with Crippen molar-refractivity contribution in [3.8, 4) is 0 Å². The van der Waals surface area contributed by atoms with Crippen LogP contribution < -0.4 is 0 Å². The second kappa shape index (κ2) is 12.6. The van der Waals surface area contributed by atoms with Crippen LogP contribution in [-0.2, 0) is 11.3 Å². The number of hydrogen-bond donors (Lipinski definition) is 0. The second-order valence-corrected chi connectivity index (χ2v) is 9.66. The van der Waals surface area contributed by atoms with Gasteiger partial charge >= 0.3 is 0 Å². The van der Waals surface area contributed by atoms with Crippen molar-refractivity contribution in [2.45, 2.75) is 103 Å². The van der Waals surface area contributed by atoms with Crippen molar-refractivity contribution in [3.05, 3.63) is 47.5 Å². The summed E-state index contributed by atoms with van der Waals surface area (Å²) >= 11 is 0. The lowest BCUT2D eigenvalue weighted by Gasteiger charge is -2.38. The summed E-state index contributed by atoms with van der Waals surface area (Å²) < 4.78 is 5.76. The molecule has 2 saturated carbocycles. The van der Waals surface area contributed by atoms with E-state index >= 15 is 0 Å². The minimum Gasteiger partial charge on any atom is -0.377 e. The summed E-state index contributed by atoms with van der Waals surface area (Å²) in [6, 6.07) is 9.33. The smallest absolute Gasteiger partial charge is 0.0716 e. The van der Waals surface area contributed by atoms with Crippen LogP contribution in [0.15, 0.2) is 36.4 Å². The zero-order chi connectivity index (χ0) is 20.3. The molecule has 0 N–H and O–H groups in total. The third-order valence-corrected chi connectivity index (χ3v) is 7.56. The molecule has 0 bridgehead atoms. The Bertz CT molecular complexity index is 571. The average Bonchev–Trinajstić information content (AvgIpc) is 2.78. The van der Waals surface area contributed by atoms with Crippen LogP contribution in [0.3, 0.4) is 0 Å². The predicted molar refractivity (Wildman–Crippen MR) is 125 cm³/mol. The number of benzene rings is 1. The zero-order valence-corrected chi connectivity index (χ0v) is 19.1. The van der Waals surface area contributed by atoms with Gasteiger partial charge in [0, 0.05) is 6.61 Å². The predicted octanol–water partition coefficient (Wildman–Crippen LogP) is 8.44. The van der Waals surface area contributed by atoms with Crippen molar-refractivity contribution >= 4 is 0 Å². The molecule has 1 heteroatoms. The first-order chi connectivity index (χ1) is 14.3. The molecule has 0 spiro atoms. The standard InChI is InChI=1S/C28H44O/c1-3-5-7-8-23-9-13-25(14-10-23)27-17-19-28(20-18-27)26-15-11-24(12-16-26)22-29-21-6-4-2/h5,7,11-12,15-16,23,25,27-28H,3-4,6,8-10,13-14,17-22H2,1-2H3. The number of allylic oxidation sites excluding steroid dienone is 2. The fraction of sp³-hybridized carbons (Fsp3) is 0.714. The van der Waals surface area contributed by atoms with Crippen molar-refractivity contribution in [1.82, 2.24) is 0 Å². The maximum atomic E-state index is 5.76. The molecule has 2 aliphatic rings. The molecule has 1 aromatic carbocycles. The van der Waals surface area contributed by atoms with Crippen LogP contribution in [0, 0.1) is 17.8 Å². The van der Waals surface area contributed by atoms with Gasteiger partial charge in [-0.15, -0.1) is 0 Å². The summed E-state index contributed by atoms with van der Waals surface area (Å²) in [5, 5.41) is 0. The second-order valence-electron chi connectivity index (χ2n) is 9.66. The Labute approximate surface area is 180 Å². The summed E-state index contributed by atoms with van der Waals surface area (Å²) in [5.41, 5.74) is 2.89. The fourth-order valence-corrected chi connectivity index (χ4v) is 5.60. The first-order valence-corrected chi connectivity index (χ1v) is 12.6. The molecule has 1 nitrogen and oxygen atoms in total. The molecule has 0 aromatic heterocycles. The number of unbranched alkanes of at least 4 members (excludes halogenated alkanes) is 1. The molecular formula is C28H44O. The molecule has 2 fully saturated rings. The summed E-state index contributed by atoms with van der Waals surface area (Å²) in [7, 11) is 0. The minimum atomic E-state index is 0.768. The highest BCUT2D eigenvalue weighted by Gasteiger charge is 2.30. The van der Waals surface area contributed by atoms with E-state index < -0.39 is 0 Å². The van der Waals surface area contributed by atoms with Crippen LogP contribution in [0.2, 0.25) is 0 Å². The molecule has 0 heterocycles. The Morgan fingerprint density at radius 2 is 1.48 bits per heavy atom. The third kappa shape index (κ3) is 7.28. The van der Waals surface area contributed by atoms with Gasteiger partial charge in [-0.05, 0) is 105 Å². The number of ether oxygens (including phenoxy) is 1. The van der Waals surface area contributed by atoms with Crippen molar-refractivity contribution in [1.29, 1.82) is 0 Å². The molecule has 0 saturated heterocycles. The fourth-order valence-electron chi connectivity index (χ4n) is 5.60. The van der Waals surface area contributed by atoms with Gasteiger partial charge in [-0.2, -0.15) is 0 Å². The molecule has 162 valence electrons. The Kier molecular flexibility index (Phi) is 9.80. The van der Waals surface area contributed by atoms with Gasteiger partial charge in [-0.3, -0.25) is 0 Å². The van der Waals surface area contributed by atoms with Gasteiger partial charge in [0.05, 0.1) is 6.61 Å². The van der Waals surface area contributed by atoms with Crippen molar-refractivity contribution in [2.75, 3.05) is 6.61 Å². The summed E-state index contributed by atoms with van der Waals surface area (Å²) in [6.07, 6.45) is 21.3. The van der Waals surface area contributed by atoms with E-state index in [1.54, 1.807) is 5.56 Å². The van der Waals surface area contributed by atoms with Crippen molar-refractivity contribution in [3.63, 3.8) is 0 Å². The van der Waals surface area contributed by atoms with Gasteiger partial charge in [-0.1, -0.05) is 56.7 Å². The Hall–Kier alpha value is -1.08. The molecule has 0 unspecified atom stereocenters. The highest BCUT2D eigenvalue weighted by molar-refractivity contribution is 5.25. The maximum Gasteiger partial charge on any atom is 0.0716 e. The van der Waals surface area contributed by atoms with Gasteiger partial charge in [0.2, 0.25) is 0 Å². The van der Waals surface area contributed by atoms with Gasteiger partial charge < -0.3 is 4.74 Å². The Balaban J connectivity index is 1.37. The highest BCUT2D eigenvalue weighted by Crippen LogP contribution is 2.44. The largest absolute Gasteiger partial charge is 0.377 e. The molecule has 0 aliphatic heterocycles. The lowest BCUT2D eigenvalue weighted by atomic mass is 9.68. The van der Waals surface area contributed by atoms with Crippen molar-refractivity contribution < 1.29 is 4.74 Å².